The van der Waals surface area contributed by atoms with Gasteiger partial charge in [-0.25, -0.2) is 0 Å². The third-order valence-corrected chi connectivity index (χ3v) is 3.91. The third-order valence-electron chi connectivity index (χ3n) is 2.10. The minimum atomic E-state index is 0.773. The molecule has 0 amide bonds. The minimum Gasteiger partial charge on any atom is -0.0843 e. The molecule has 0 unspecified atom stereocenters. The smallest absolute Gasteiger partial charge is 0.0416 e. The normalized spacial score (nSPS) is 10.3. The Kier molecular flexibility index (Phi) is 3.69. The number of rotatable bonds is 1. The van der Waals surface area contributed by atoms with Gasteiger partial charge in [-0.05, 0) is 51.9 Å². The SMILES string of the molecule is Clc1ccc(-c2ccccc2Br)c(I)c1. The molecule has 0 radical (unpaired) electrons. The van der Waals surface area contributed by atoms with Crippen molar-refractivity contribution in [3.63, 3.8) is 0 Å². The molecule has 0 saturated heterocycles. The molecule has 0 bridgehead atoms. The average Bonchev–Trinajstić information content (AvgIpc) is 2.20. The predicted molar refractivity (Wildman–Crippen MR) is 77.3 cm³/mol. The van der Waals surface area contributed by atoms with Gasteiger partial charge in [0, 0.05) is 13.1 Å². The van der Waals surface area contributed by atoms with Gasteiger partial charge in [0.1, 0.15) is 0 Å². The van der Waals surface area contributed by atoms with Crippen molar-refractivity contribution < 1.29 is 0 Å². The monoisotopic (exact) mass is 392 g/mol. The first-order valence-electron chi connectivity index (χ1n) is 4.38. The summed E-state index contributed by atoms with van der Waals surface area (Å²) in [6.45, 7) is 0. The van der Waals surface area contributed by atoms with Crippen LogP contribution in [0.1, 0.15) is 0 Å². The van der Waals surface area contributed by atoms with Crippen LogP contribution in [0.4, 0.5) is 0 Å². The van der Waals surface area contributed by atoms with E-state index in [1.165, 1.54) is 11.1 Å². The van der Waals surface area contributed by atoms with Gasteiger partial charge in [0.25, 0.3) is 0 Å². The third kappa shape index (κ3) is 2.55. The van der Waals surface area contributed by atoms with E-state index in [4.69, 9.17) is 11.6 Å². The van der Waals surface area contributed by atoms with Gasteiger partial charge in [0.05, 0.1) is 0 Å². The Balaban J connectivity index is 2.60. The van der Waals surface area contributed by atoms with E-state index in [1.54, 1.807) is 0 Å². The van der Waals surface area contributed by atoms with Crippen LogP contribution in [0.2, 0.25) is 5.02 Å². The zero-order valence-corrected chi connectivity index (χ0v) is 12.2. The van der Waals surface area contributed by atoms with Crippen molar-refractivity contribution in [3.8, 4) is 11.1 Å². The Bertz CT molecular complexity index is 497. The maximum atomic E-state index is 5.93. The summed E-state index contributed by atoms with van der Waals surface area (Å²) >= 11 is 11.8. The van der Waals surface area contributed by atoms with E-state index in [9.17, 15) is 0 Å². The summed E-state index contributed by atoms with van der Waals surface area (Å²) in [5.74, 6) is 0. The largest absolute Gasteiger partial charge is 0.0843 e. The fraction of sp³-hybridized carbons (Fsp3) is 0. The van der Waals surface area contributed by atoms with Crippen LogP contribution in [0.5, 0.6) is 0 Å². The first-order chi connectivity index (χ1) is 7.18. The molecule has 15 heavy (non-hydrogen) atoms. The van der Waals surface area contributed by atoms with Gasteiger partial charge in [-0.2, -0.15) is 0 Å². The molecule has 2 aromatic rings. The number of benzene rings is 2. The number of hydrogen-bond acceptors (Lipinski definition) is 0. The van der Waals surface area contributed by atoms with E-state index in [1.807, 2.05) is 36.4 Å². The quantitative estimate of drug-likeness (QED) is 0.571. The van der Waals surface area contributed by atoms with Crippen molar-refractivity contribution in [1.29, 1.82) is 0 Å². The second-order valence-corrected chi connectivity index (χ2v) is 5.56. The molecule has 0 spiro atoms. The van der Waals surface area contributed by atoms with Crippen molar-refractivity contribution in [3.05, 3.63) is 55.5 Å². The molecule has 0 saturated carbocycles. The molecule has 0 fully saturated rings. The fourth-order valence-corrected chi connectivity index (χ4v) is 3.05. The predicted octanol–water partition coefficient (Wildman–Crippen LogP) is 5.37. The fourth-order valence-electron chi connectivity index (χ4n) is 1.39. The van der Waals surface area contributed by atoms with Crippen LogP contribution in [0.25, 0.3) is 11.1 Å². The molecule has 0 heterocycles. The molecule has 0 atom stereocenters. The van der Waals surface area contributed by atoms with Crippen LogP contribution in [0.3, 0.4) is 0 Å². The van der Waals surface area contributed by atoms with Crippen LogP contribution < -0.4 is 0 Å². The molecule has 0 N–H and O–H groups in total. The molecular weight excluding hydrogens is 386 g/mol. The van der Waals surface area contributed by atoms with Crippen LogP contribution in [0, 0.1) is 3.57 Å². The van der Waals surface area contributed by atoms with Crippen molar-refractivity contribution in [2.45, 2.75) is 0 Å². The van der Waals surface area contributed by atoms with Crippen LogP contribution >= 0.6 is 50.1 Å². The summed E-state index contributed by atoms with van der Waals surface area (Å²) in [5, 5.41) is 0.773. The molecule has 0 aliphatic rings. The van der Waals surface area contributed by atoms with Crippen LogP contribution in [-0.2, 0) is 0 Å². The highest BCUT2D eigenvalue weighted by Crippen LogP contribution is 2.32. The summed E-state index contributed by atoms with van der Waals surface area (Å²) < 4.78 is 2.26. The molecular formula is C12H7BrClI. The first-order valence-corrected chi connectivity index (χ1v) is 6.63. The van der Waals surface area contributed by atoms with Gasteiger partial charge < -0.3 is 0 Å². The summed E-state index contributed by atoms with van der Waals surface area (Å²) in [4.78, 5) is 0. The van der Waals surface area contributed by atoms with Gasteiger partial charge in [-0.3, -0.25) is 0 Å². The average molecular weight is 393 g/mol. The maximum absolute atomic E-state index is 5.93. The summed E-state index contributed by atoms with van der Waals surface area (Å²) in [5.41, 5.74) is 2.39. The molecule has 0 nitrogen and oxygen atoms in total. The minimum absolute atomic E-state index is 0.773. The lowest BCUT2D eigenvalue weighted by atomic mass is 10.1. The highest BCUT2D eigenvalue weighted by Gasteiger charge is 2.06. The number of halogens is 3. The standard InChI is InChI=1S/C12H7BrClI/c13-11-4-2-1-3-9(11)10-6-5-8(14)7-12(10)15/h1-7H. The van der Waals surface area contributed by atoms with E-state index < -0.39 is 0 Å². The second kappa shape index (κ2) is 4.85. The van der Waals surface area contributed by atoms with Crippen LogP contribution in [-0.4, -0.2) is 0 Å². The van der Waals surface area contributed by atoms with Gasteiger partial charge in [-0.15, -0.1) is 0 Å². The van der Waals surface area contributed by atoms with E-state index in [-0.39, 0.29) is 0 Å². The zero-order valence-electron chi connectivity index (χ0n) is 7.68. The summed E-state index contributed by atoms with van der Waals surface area (Å²) in [6.07, 6.45) is 0. The Morgan fingerprint density at radius 1 is 1.00 bits per heavy atom. The van der Waals surface area contributed by atoms with Gasteiger partial charge in [0.2, 0.25) is 0 Å². The Morgan fingerprint density at radius 2 is 1.73 bits per heavy atom. The van der Waals surface area contributed by atoms with Crippen molar-refractivity contribution in [2.75, 3.05) is 0 Å². The molecule has 76 valence electrons. The molecule has 0 aliphatic heterocycles. The molecule has 2 rings (SSSR count). The highest BCUT2D eigenvalue weighted by atomic mass is 127. The van der Waals surface area contributed by atoms with Gasteiger partial charge in [-0.1, -0.05) is 51.8 Å². The molecule has 0 aromatic heterocycles. The van der Waals surface area contributed by atoms with Crippen LogP contribution in [0.15, 0.2) is 46.9 Å². The van der Waals surface area contributed by atoms with E-state index in [2.05, 4.69) is 44.6 Å². The maximum Gasteiger partial charge on any atom is 0.0416 e. The Labute approximate surface area is 116 Å². The molecule has 0 aliphatic carbocycles. The van der Waals surface area contributed by atoms with E-state index in [0.717, 1.165) is 13.1 Å². The molecule has 3 heteroatoms. The second-order valence-electron chi connectivity index (χ2n) is 3.10. The molecule has 2 aromatic carbocycles. The Hall–Kier alpha value is -0.0600. The Morgan fingerprint density at radius 3 is 2.40 bits per heavy atom. The lowest BCUT2D eigenvalue weighted by Gasteiger charge is -2.07. The summed E-state index contributed by atoms with van der Waals surface area (Å²) in [7, 11) is 0. The topological polar surface area (TPSA) is 0 Å². The van der Waals surface area contributed by atoms with Gasteiger partial charge >= 0.3 is 0 Å². The summed E-state index contributed by atoms with van der Waals surface area (Å²) in [6, 6.07) is 14.1. The highest BCUT2D eigenvalue weighted by molar-refractivity contribution is 14.1. The van der Waals surface area contributed by atoms with E-state index in [0.29, 0.717) is 0 Å². The zero-order chi connectivity index (χ0) is 10.8. The van der Waals surface area contributed by atoms with E-state index >= 15 is 0 Å². The lowest BCUT2D eigenvalue weighted by Crippen LogP contribution is -1.83. The number of hydrogen-bond donors (Lipinski definition) is 0. The van der Waals surface area contributed by atoms with Crippen molar-refractivity contribution >= 4 is 50.1 Å². The van der Waals surface area contributed by atoms with Crippen molar-refractivity contribution in [2.24, 2.45) is 0 Å². The van der Waals surface area contributed by atoms with Gasteiger partial charge in [0.15, 0.2) is 0 Å². The first kappa shape index (κ1) is 11.4. The van der Waals surface area contributed by atoms with Crippen molar-refractivity contribution in [1.82, 2.24) is 0 Å². The lowest BCUT2D eigenvalue weighted by molar-refractivity contribution is 1.55.